The Balaban J connectivity index is 1.55. The molecule has 3 heterocycles. The van der Waals surface area contributed by atoms with Gasteiger partial charge >= 0.3 is 6.18 Å². The summed E-state index contributed by atoms with van der Waals surface area (Å²) in [5.74, 6) is 0.584. The van der Waals surface area contributed by atoms with Crippen molar-refractivity contribution >= 4 is 11.5 Å². The van der Waals surface area contributed by atoms with Gasteiger partial charge in [0.2, 0.25) is 5.95 Å². The number of aromatic nitrogens is 4. The summed E-state index contributed by atoms with van der Waals surface area (Å²) in [6.45, 7) is 3.94. The zero-order valence-electron chi connectivity index (χ0n) is 20.1. The van der Waals surface area contributed by atoms with Crippen molar-refractivity contribution < 1.29 is 17.9 Å². The molecule has 0 unspecified atom stereocenters. The van der Waals surface area contributed by atoms with Gasteiger partial charge in [0.05, 0.1) is 11.8 Å². The molecule has 1 aliphatic heterocycles. The van der Waals surface area contributed by atoms with Crippen LogP contribution >= 0.6 is 0 Å². The van der Waals surface area contributed by atoms with E-state index in [4.69, 9.17) is 4.74 Å². The van der Waals surface area contributed by atoms with Crippen molar-refractivity contribution in [3.63, 3.8) is 0 Å². The van der Waals surface area contributed by atoms with Crippen LogP contribution in [0.15, 0.2) is 54.7 Å². The molecular weight excluding hydrogens is 469 g/mol. The van der Waals surface area contributed by atoms with Crippen LogP contribution in [0, 0.1) is 6.92 Å². The maximum atomic E-state index is 13.5. The summed E-state index contributed by atoms with van der Waals surface area (Å²) < 4.78 is 48.2. The minimum atomic E-state index is -4.50. The quantitative estimate of drug-likeness (QED) is 0.396. The molecule has 1 fully saturated rings. The lowest BCUT2D eigenvalue weighted by Crippen LogP contribution is -2.40. The first-order chi connectivity index (χ1) is 17.3. The van der Waals surface area contributed by atoms with Crippen LogP contribution in [-0.4, -0.2) is 50.9 Å². The molecule has 36 heavy (non-hydrogen) atoms. The summed E-state index contributed by atoms with van der Waals surface area (Å²) >= 11 is 0. The van der Waals surface area contributed by atoms with Gasteiger partial charge in [0.1, 0.15) is 23.6 Å². The predicted octanol–water partition coefficient (Wildman–Crippen LogP) is 5.20. The fourth-order valence-electron chi connectivity index (χ4n) is 4.55. The molecule has 1 atom stereocenters. The summed E-state index contributed by atoms with van der Waals surface area (Å²) in [4.78, 5) is 2.26. The molecule has 10 heteroatoms. The highest BCUT2D eigenvalue weighted by Crippen LogP contribution is 2.39. The molecule has 188 valence electrons. The Morgan fingerprint density at radius 3 is 2.67 bits per heavy atom. The van der Waals surface area contributed by atoms with E-state index in [1.807, 2.05) is 37.3 Å². The van der Waals surface area contributed by atoms with Crippen molar-refractivity contribution in [1.82, 2.24) is 24.7 Å². The minimum absolute atomic E-state index is 0.0834. The Hall–Kier alpha value is -3.66. The van der Waals surface area contributed by atoms with E-state index in [0.717, 1.165) is 49.2 Å². The lowest BCUT2D eigenvalue weighted by Gasteiger charge is -2.30. The van der Waals surface area contributed by atoms with Gasteiger partial charge in [-0.05, 0) is 62.7 Å². The third-order valence-corrected chi connectivity index (χ3v) is 6.38. The molecular formula is C26H27F3N6O. The number of alkyl halides is 3. The average Bonchev–Trinajstić information content (AvgIpc) is 3.25. The van der Waals surface area contributed by atoms with Crippen LogP contribution in [0.25, 0.3) is 16.8 Å². The lowest BCUT2D eigenvalue weighted by molar-refractivity contribution is -0.137. The third kappa shape index (κ3) is 4.99. The van der Waals surface area contributed by atoms with Gasteiger partial charge in [0.25, 0.3) is 0 Å². The number of fused-ring (bicyclic) bond motifs is 1. The third-order valence-electron chi connectivity index (χ3n) is 6.38. The number of piperidine rings is 1. The van der Waals surface area contributed by atoms with Crippen molar-refractivity contribution in [3.05, 3.63) is 71.4 Å². The fourth-order valence-corrected chi connectivity index (χ4v) is 4.55. The summed E-state index contributed by atoms with van der Waals surface area (Å²) in [7, 11) is 2.08. The monoisotopic (exact) mass is 496 g/mol. The number of nitrogens with one attached hydrogen (secondary N) is 1. The molecule has 0 amide bonds. The van der Waals surface area contributed by atoms with E-state index < -0.39 is 11.7 Å². The lowest BCUT2D eigenvalue weighted by atomic mass is 10.0. The summed E-state index contributed by atoms with van der Waals surface area (Å²) in [6.07, 6.45) is -0.715. The highest BCUT2D eigenvalue weighted by molar-refractivity contribution is 5.83. The molecule has 1 aliphatic rings. The van der Waals surface area contributed by atoms with Crippen LogP contribution in [0.1, 0.15) is 29.5 Å². The second-order valence-corrected chi connectivity index (χ2v) is 9.19. The standard InChI is InChI=1S/C26H27F3N6O/c1-17-14-30-35-24(17)23(32-33-25(35)31-20-9-6-12-34(2)15-20)21-11-10-19(26(27,28)29)13-22(21)36-16-18-7-4-3-5-8-18/h3-5,7-8,10-11,13-14,20H,6,9,12,15-16H2,1-2H3,(H,31,33)/t20-/m1/s1. The van der Waals surface area contributed by atoms with Crippen molar-refractivity contribution in [1.29, 1.82) is 0 Å². The van der Waals surface area contributed by atoms with Gasteiger partial charge in [-0.1, -0.05) is 30.3 Å². The number of hydrogen-bond acceptors (Lipinski definition) is 6. The van der Waals surface area contributed by atoms with Gasteiger partial charge in [0, 0.05) is 18.2 Å². The van der Waals surface area contributed by atoms with Crippen LogP contribution in [0.3, 0.4) is 0 Å². The van der Waals surface area contributed by atoms with Crippen LogP contribution < -0.4 is 10.1 Å². The molecule has 7 nitrogen and oxygen atoms in total. The van der Waals surface area contributed by atoms with Gasteiger partial charge < -0.3 is 15.0 Å². The number of hydrogen-bond donors (Lipinski definition) is 1. The minimum Gasteiger partial charge on any atom is -0.488 e. The number of nitrogens with zero attached hydrogens (tertiary/aromatic N) is 5. The number of benzene rings is 2. The summed E-state index contributed by atoms with van der Waals surface area (Å²) in [5.41, 5.74) is 2.38. The van der Waals surface area contributed by atoms with Crippen molar-refractivity contribution in [2.45, 2.75) is 38.6 Å². The number of halogens is 3. The van der Waals surface area contributed by atoms with Gasteiger partial charge in [-0.2, -0.15) is 22.8 Å². The molecule has 0 aliphatic carbocycles. The Bertz CT molecular complexity index is 1360. The number of aryl methyl sites for hydroxylation is 1. The van der Waals surface area contributed by atoms with E-state index in [9.17, 15) is 13.2 Å². The van der Waals surface area contributed by atoms with Crippen LogP contribution in [0.5, 0.6) is 5.75 Å². The second-order valence-electron chi connectivity index (χ2n) is 9.19. The van der Waals surface area contributed by atoms with Crippen molar-refractivity contribution in [2.24, 2.45) is 0 Å². The zero-order valence-corrected chi connectivity index (χ0v) is 20.1. The number of anilines is 1. The fraction of sp³-hybridized carbons (Fsp3) is 0.346. The topological polar surface area (TPSA) is 67.6 Å². The largest absolute Gasteiger partial charge is 0.488 e. The maximum absolute atomic E-state index is 13.5. The van der Waals surface area contributed by atoms with Gasteiger partial charge in [0.15, 0.2) is 0 Å². The van der Waals surface area contributed by atoms with Gasteiger partial charge in [-0.3, -0.25) is 0 Å². The van der Waals surface area contributed by atoms with Crippen molar-refractivity contribution in [3.8, 4) is 17.0 Å². The molecule has 5 rings (SSSR count). The first kappa shape index (κ1) is 24.1. The highest BCUT2D eigenvalue weighted by Gasteiger charge is 2.32. The number of ether oxygens (including phenoxy) is 1. The smallest absolute Gasteiger partial charge is 0.416 e. The Morgan fingerprint density at radius 1 is 1.11 bits per heavy atom. The average molecular weight is 497 g/mol. The van der Waals surface area contributed by atoms with E-state index in [0.29, 0.717) is 22.7 Å². The molecule has 4 aromatic rings. The predicted molar refractivity (Wildman–Crippen MR) is 131 cm³/mol. The van der Waals surface area contributed by atoms with Crippen molar-refractivity contribution in [2.75, 3.05) is 25.5 Å². The van der Waals surface area contributed by atoms with Gasteiger partial charge in [-0.25, -0.2) is 0 Å². The second kappa shape index (κ2) is 9.77. The van der Waals surface area contributed by atoms with Crippen LogP contribution in [-0.2, 0) is 12.8 Å². The molecule has 1 saturated heterocycles. The van der Waals surface area contributed by atoms with E-state index in [2.05, 4.69) is 32.6 Å². The van der Waals surface area contributed by atoms with E-state index in [1.54, 1.807) is 10.7 Å². The molecule has 0 spiro atoms. The molecule has 1 N–H and O–H groups in total. The molecule has 0 saturated carbocycles. The Kier molecular flexibility index (Phi) is 6.53. The summed E-state index contributed by atoms with van der Waals surface area (Å²) in [6, 6.07) is 12.9. The normalized spacial score (nSPS) is 16.9. The molecule has 2 aromatic carbocycles. The molecule has 0 bridgehead atoms. The Labute approximate surface area is 206 Å². The van der Waals surface area contributed by atoms with E-state index >= 15 is 0 Å². The SMILES string of the molecule is Cc1cnn2c(N[C@@H]3CCCN(C)C3)nnc(-c3ccc(C(F)(F)F)cc3OCc3ccccc3)c12. The van der Waals surface area contributed by atoms with Gasteiger partial charge in [-0.15, -0.1) is 10.2 Å². The summed E-state index contributed by atoms with van der Waals surface area (Å²) in [5, 5.41) is 16.8. The number of likely N-dealkylation sites (N-methyl/N-ethyl adjacent to an activating group) is 1. The molecule has 2 aromatic heterocycles. The highest BCUT2D eigenvalue weighted by atomic mass is 19.4. The first-order valence-electron chi connectivity index (χ1n) is 11.8. The maximum Gasteiger partial charge on any atom is 0.416 e. The number of likely N-dealkylation sites (tertiary alicyclic amines) is 1. The molecule has 0 radical (unpaired) electrons. The Morgan fingerprint density at radius 2 is 1.92 bits per heavy atom. The first-order valence-corrected chi connectivity index (χ1v) is 11.8. The number of rotatable bonds is 6. The van der Waals surface area contributed by atoms with E-state index in [1.165, 1.54) is 6.07 Å². The van der Waals surface area contributed by atoms with Crippen LogP contribution in [0.2, 0.25) is 0 Å². The van der Waals surface area contributed by atoms with E-state index in [-0.39, 0.29) is 18.4 Å². The van der Waals surface area contributed by atoms with Crippen LogP contribution in [0.4, 0.5) is 19.1 Å². The zero-order chi connectivity index (χ0) is 25.3.